The quantitative estimate of drug-likeness (QED) is 0.868. The molecule has 0 aromatic heterocycles. The summed E-state index contributed by atoms with van der Waals surface area (Å²) in [4.78, 5) is 20.1. The van der Waals surface area contributed by atoms with Crippen LogP contribution in [0.25, 0.3) is 0 Å². The van der Waals surface area contributed by atoms with E-state index >= 15 is 0 Å². The number of para-hydroxylation sites is 2. The fourth-order valence-corrected chi connectivity index (χ4v) is 4.90. The van der Waals surface area contributed by atoms with Crippen molar-refractivity contribution >= 4 is 17.4 Å². The Labute approximate surface area is 163 Å². The van der Waals surface area contributed by atoms with Gasteiger partial charge in [-0.25, -0.2) is 4.79 Å². The van der Waals surface area contributed by atoms with Gasteiger partial charge < -0.3 is 15.1 Å². The maximum absolute atomic E-state index is 13.0. The number of amides is 2. The largest absolute Gasteiger partial charge is 0.370 e. The monoisotopic (exact) mass is 370 g/mol. The number of carbonyl (C=O) groups is 1. The van der Waals surface area contributed by atoms with E-state index in [1.54, 1.807) is 0 Å². The molecule has 3 aliphatic heterocycles. The molecule has 2 amide bonds. The summed E-state index contributed by atoms with van der Waals surface area (Å²) in [6, 6.07) is 8.94. The summed E-state index contributed by atoms with van der Waals surface area (Å²) in [6.45, 7) is 6.34. The Hall–Kier alpha value is -1.75. The number of nitrogens with zero attached hydrogens (tertiary/aromatic N) is 3. The van der Waals surface area contributed by atoms with E-state index in [1.165, 1.54) is 63.7 Å². The number of anilines is 2. The number of urea groups is 1. The molecule has 5 nitrogen and oxygen atoms in total. The van der Waals surface area contributed by atoms with Gasteiger partial charge in [0.05, 0.1) is 11.4 Å². The molecule has 0 aliphatic carbocycles. The summed E-state index contributed by atoms with van der Waals surface area (Å²) in [6.07, 6.45) is 10.1. The zero-order valence-corrected chi connectivity index (χ0v) is 16.5. The topological polar surface area (TPSA) is 38.8 Å². The van der Waals surface area contributed by atoms with Gasteiger partial charge in [-0.05, 0) is 63.7 Å². The lowest BCUT2D eigenvalue weighted by atomic mass is 10.0. The average Bonchev–Trinajstić information content (AvgIpc) is 3.12. The molecule has 0 unspecified atom stereocenters. The van der Waals surface area contributed by atoms with Gasteiger partial charge in [0.1, 0.15) is 0 Å². The number of carbonyl (C=O) groups excluding carboxylic acids is 1. The van der Waals surface area contributed by atoms with Crippen LogP contribution in [0.2, 0.25) is 0 Å². The normalized spacial score (nSPS) is 24.7. The lowest BCUT2D eigenvalue weighted by molar-refractivity contribution is 0.132. The summed E-state index contributed by atoms with van der Waals surface area (Å²) >= 11 is 0. The zero-order valence-electron chi connectivity index (χ0n) is 16.5. The van der Waals surface area contributed by atoms with Crippen molar-refractivity contribution < 1.29 is 4.79 Å². The number of hydrogen-bond donors (Lipinski definition) is 1. The molecule has 0 bridgehead atoms. The zero-order chi connectivity index (χ0) is 18.5. The summed E-state index contributed by atoms with van der Waals surface area (Å²) < 4.78 is 0. The maximum Gasteiger partial charge on any atom is 0.321 e. The van der Waals surface area contributed by atoms with E-state index < -0.39 is 0 Å². The first-order valence-electron chi connectivity index (χ1n) is 11.0. The molecule has 0 saturated carbocycles. The van der Waals surface area contributed by atoms with Crippen LogP contribution in [0.5, 0.6) is 0 Å². The molecule has 5 heteroatoms. The van der Waals surface area contributed by atoms with Crippen LogP contribution in [0.1, 0.15) is 51.4 Å². The summed E-state index contributed by atoms with van der Waals surface area (Å²) in [7, 11) is 0. The van der Waals surface area contributed by atoms with Crippen molar-refractivity contribution in [2.24, 2.45) is 0 Å². The molecule has 0 radical (unpaired) electrons. The highest BCUT2D eigenvalue weighted by Gasteiger charge is 2.29. The fraction of sp³-hybridized carbons (Fsp3) is 0.682. The first kappa shape index (κ1) is 18.6. The second-order valence-corrected chi connectivity index (χ2v) is 8.33. The minimum atomic E-state index is 0.0705. The minimum Gasteiger partial charge on any atom is -0.370 e. The molecule has 4 rings (SSSR count). The van der Waals surface area contributed by atoms with Crippen LogP contribution in [0, 0.1) is 0 Å². The molecular weight excluding hydrogens is 336 g/mol. The number of hydrogen-bond acceptors (Lipinski definition) is 3. The van der Waals surface area contributed by atoms with Crippen molar-refractivity contribution in [2.45, 2.75) is 57.4 Å². The van der Waals surface area contributed by atoms with E-state index in [9.17, 15) is 4.79 Å². The number of piperidine rings is 1. The highest BCUT2D eigenvalue weighted by Crippen LogP contribution is 2.29. The number of benzene rings is 1. The van der Waals surface area contributed by atoms with E-state index in [2.05, 4.69) is 33.3 Å². The average molecular weight is 371 g/mol. The van der Waals surface area contributed by atoms with Crippen LogP contribution < -0.4 is 10.2 Å². The third kappa shape index (κ3) is 4.57. The van der Waals surface area contributed by atoms with Gasteiger partial charge in [0.25, 0.3) is 0 Å². The van der Waals surface area contributed by atoms with E-state index in [1.807, 2.05) is 11.0 Å². The first-order chi connectivity index (χ1) is 13.3. The van der Waals surface area contributed by atoms with E-state index in [0.717, 1.165) is 38.3 Å². The van der Waals surface area contributed by atoms with Crippen LogP contribution in [-0.4, -0.2) is 61.1 Å². The van der Waals surface area contributed by atoms with Crippen LogP contribution >= 0.6 is 0 Å². The predicted molar refractivity (Wildman–Crippen MR) is 112 cm³/mol. The minimum absolute atomic E-state index is 0.0705. The maximum atomic E-state index is 13.0. The molecule has 3 saturated heterocycles. The van der Waals surface area contributed by atoms with Crippen molar-refractivity contribution in [1.29, 1.82) is 0 Å². The Morgan fingerprint density at radius 3 is 2.33 bits per heavy atom. The second kappa shape index (κ2) is 8.96. The molecule has 27 heavy (non-hydrogen) atoms. The Balaban J connectivity index is 1.41. The van der Waals surface area contributed by atoms with E-state index in [0.29, 0.717) is 6.04 Å². The second-order valence-electron chi connectivity index (χ2n) is 8.33. The van der Waals surface area contributed by atoms with Crippen LogP contribution in [0.3, 0.4) is 0 Å². The summed E-state index contributed by atoms with van der Waals surface area (Å²) in [5.41, 5.74) is 2.15. The van der Waals surface area contributed by atoms with Gasteiger partial charge in [0.15, 0.2) is 0 Å². The Morgan fingerprint density at radius 1 is 0.852 bits per heavy atom. The number of likely N-dealkylation sites (tertiary alicyclic amines) is 2. The van der Waals surface area contributed by atoms with Crippen molar-refractivity contribution in [3.8, 4) is 0 Å². The Bertz CT molecular complexity index is 620. The number of rotatable bonds is 3. The standard InChI is InChI=1S/C22H34N4O/c27-22(26-17-9-10-19(18-26)24-13-7-8-14-24)23-20-11-3-4-12-21(20)25-15-5-1-2-6-16-25/h3-4,11-12,19H,1-2,5-10,13-18H2,(H,23,27)/t19-/m0/s1. The number of nitrogens with one attached hydrogen (secondary N) is 1. The van der Waals surface area contributed by atoms with Crippen molar-refractivity contribution in [2.75, 3.05) is 49.5 Å². The van der Waals surface area contributed by atoms with Gasteiger partial charge >= 0.3 is 6.03 Å². The van der Waals surface area contributed by atoms with Gasteiger partial charge in [0.2, 0.25) is 0 Å². The molecule has 0 spiro atoms. The predicted octanol–water partition coefficient (Wildman–Crippen LogP) is 4.16. The Kier molecular flexibility index (Phi) is 6.17. The van der Waals surface area contributed by atoms with E-state index in [-0.39, 0.29) is 6.03 Å². The van der Waals surface area contributed by atoms with E-state index in [4.69, 9.17) is 0 Å². The van der Waals surface area contributed by atoms with Gasteiger partial charge in [-0.1, -0.05) is 25.0 Å². The molecular formula is C22H34N4O. The van der Waals surface area contributed by atoms with Gasteiger partial charge in [-0.15, -0.1) is 0 Å². The van der Waals surface area contributed by atoms with Gasteiger partial charge in [-0.2, -0.15) is 0 Å². The van der Waals surface area contributed by atoms with Gasteiger partial charge in [0, 0.05) is 32.2 Å². The molecule has 3 fully saturated rings. The van der Waals surface area contributed by atoms with Crippen molar-refractivity contribution in [3.63, 3.8) is 0 Å². The Morgan fingerprint density at radius 2 is 1.56 bits per heavy atom. The molecule has 1 aromatic carbocycles. The molecule has 1 N–H and O–H groups in total. The van der Waals surface area contributed by atoms with Crippen LogP contribution in [0.4, 0.5) is 16.2 Å². The lowest BCUT2D eigenvalue weighted by Crippen LogP contribution is -2.50. The molecule has 3 heterocycles. The fourth-order valence-electron chi connectivity index (χ4n) is 4.90. The highest BCUT2D eigenvalue weighted by molar-refractivity contribution is 5.93. The van der Waals surface area contributed by atoms with Crippen LogP contribution in [0.15, 0.2) is 24.3 Å². The van der Waals surface area contributed by atoms with Gasteiger partial charge in [-0.3, -0.25) is 4.90 Å². The molecule has 1 aromatic rings. The highest BCUT2D eigenvalue weighted by atomic mass is 16.2. The van der Waals surface area contributed by atoms with Crippen LogP contribution in [-0.2, 0) is 0 Å². The summed E-state index contributed by atoms with van der Waals surface area (Å²) in [5.74, 6) is 0. The smallest absolute Gasteiger partial charge is 0.321 e. The summed E-state index contributed by atoms with van der Waals surface area (Å²) in [5, 5.41) is 3.24. The van der Waals surface area contributed by atoms with Crippen molar-refractivity contribution in [3.05, 3.63) is 24.3 Å². The lowest BCUT2D eigenvalue weighted by Gasteiger charge is -2.37. The third-order valence-electron chi connectivity index (χ3n) is 6.43. The third-order valence-corrected chi connectivity index (χ3v) is 6.43. The van der Waals surface area contributed by atoms with Crippen molar-refractivity contribution in [1.82, 2.24) is 9.80 Å². The molecule has 3 aliphatic rings. The first-order valence-corrected chi connectivity index (χ1v) is 11.0. The SMILES string of the molecule is O=C(Nc1ccccc1N1CCCCCC1)N1CCC[C@H](N2CCCC2)C1. The molecule has 148 valence electrons. The molecule has 1 atom stereocenters.